The van der Waals surface area contributed by atoms with Crippen LogP contribution in [-0.4, -0.2) is 24.0 Å². The molecule has 0 radical (unpaired) electrons. The quantitative estimate of drug-likeness (QED) is 0.644. The highest BCUT2D eigenvalue weighted by molar-refractivity contribution is 6.01. The van der Waals surface area contributed by atoms with Crippen LogP contribution < -0.4 is 10.6 Å². The molecule has 2 aromatic rings. The van der Waals surface area contributed by atoms with Gasteiger partial charge < -0.3 is 5.32 Å². The summed E-state index contributed by atoms with van der Waals surface area (Å²) in [6.45, 7) is 2.47. The Labute approximate surface area is 112 Å². The van der Waals surface area contributed by atoms with Crippen molar-refractivity contribution in [2.75, 3.05) is 18.4 Å². The molecule has 0 saturated heterocycles. The number of aromatic nitrogens is 1. The molecule has 0 aliphatic carbocycles. The Hall–Kier alpha value is -2.38. The van der Waals surface area contributed by atoms with E-state index in [2.05, 4.69) is 21.5 Å². The number of para-hydroxylation sites is 1. The lowest BCUT2D eigenvalue weighted by molar-refractivity contribution is -0.115. The molecule has 4 heteroatoms. The number of carbonyl (C=O) groups excluding carboxylic acids is 1. The van der Waals surface area contributed by atoms with Crippen molar-refractivity contribution in [3.63, 3.8) is 0 Å². The molecule has 1 amide bonds. The van der Waals surface area contributed by atoms with Crippen LogP contribution >= 0.6 is 0 Å². The first-order valence-electron chi connectivity index (χ1n) is 6.01. The average molecular weight is 253 g/mol. The molecule has 2 N–H and O–H groups in total. The van der Waals surface area contributed by atoms with E-state index in [9.17, 15) is 4.79 Å². The largest absolute Gasteiger partial charge is 0.324 e. The van der Waals surface area contributed by atoms with Crippen molar-refractivity contribution in [2.24, 2.45) is 0 Å². The van der Waals surface area contributed by atoms with Gasteiger partial charge >= 0.3 is 0 Å². The topological polar surface area (TPSA) is 54.0 Å². The number of fused-ring (bicyclic) bond motifs is 1. The molecule has 4 nitrogen and oxygen atoms in total. The first kappa shape index (κ1) is 13.1. The van der Waals surface area contributed by atoms with Gasteiger partial charge in [-0.3, -0.25) is 15.1 Å². The van der Waals surface area contributed by atoms with Crippen LogP contribution in [0.4, 0.5) is 5.69 Å². The molecule has 0 bridgehead atoms. The fourth-order valence-corrected chi connectivity index (χ4v) is 1.85. The second-order valence-corrected chi connectivity index (χ2v) is 4.18. The zero-order valence-corrected chi connectivity index (χ0v) is 10.7. The van der Waals surface area contributed by atoms with Crippen molar-refractivity contribution in [1.29, 1.82) is 0 Å². The van der Waals surface area contributed by atoms with Gasteiger partial charge in [0.25, 0.3) is 0 Å². The normalized spacial score (nSPS) is 10.1. The second kappa shape index (κ2) is 5.98. The Bertz CT molecular complexity index is 643. The van der Waals surface area contributed by atoms with Gasteiger partial charge in [0.15, 0.2) is 0 Å². The zero-order valence-electron chi connectivity index (χ0n) is 10.7. The van der Waals surface area contributed by atoms with Crippen LogP contribution in [-0.2, 0) is 4.79 Å². The van der Waals surface area contributed by atoms with Crippen LogP contribution in [0.1, 0.15) is 5.69 Å². The molecule has 1 aromatic heterocycles. The third kappa shape index (κ3) is 3.30. The number of nitrogens with one attached hydrogen (secondary N) is 2. The summed E-state index contributed by atoms with van der Waals surface area (Å²) in [4.78, 5) is 16.2. The minimum atomic E-state index is -0.119. The van der Waals surface area contributed by atoms with Crippen LogP contribution in [0.3, 0.4) is 0 Å². The van der Waals surface area contributed by atoms with Crippen LogP contribution in [0.15, 0.2) is 30.3 Å². The maximum absolute atomic E-state index is 11.8. The summed E-state index contributed by atoms with van der Waals surface area (Å²) in [6.07, 6.45) is 5.11. The summed E-state index contributed by atoms with van der Waals surface area (Å²) in [5.74, 6) is 2.31. The molecular formula is C15H15N3O. The molecule has 1 aromatic carbocycles. The highest BCUT2D eigenvalue weighted by Crippen LogP contribution is 2.22. The van der Waals surface area contributed by atoms with Crippen molar-refractivity contribution < 1.29 is 4.79 Å². The number of benzene rings is 1. The van der Waals surface area contributed by atoms with E-state index in [0.29, 0.717) is 6.54 Å². The van der Waals surface area contributed by atoms with E-state index in [1.54, 1.807) is 0 Å². The predicted octanol–water partition coefficient (Wildman–Crippen LogP) is 1.70. The maximum Gasteiger partial charge on any atom is 0.238 e. The van der Waals surface area contributed by atoms with Gasteiger partial charge in [-0.05, 0) is 19.1 Å². The first-order valence-corrected chi connectivity index (χ1v) is 6.01. The third-order valence-electron chi connectivity index (χ3n) is 2.63. The predicted molar refractivity (Wildman–Crippen MR) is 76.8 cm³/mol. The molecular weight excluding hydrogens is 238 g/mol. The summed E-state index contributed by atoms with van der Waals surface area (Å²) in [6, 6.07) is 9.57. The van der Waals surface area contributed by atoms with Gasteiger partial charge in [0.1, 0.15) is 0 Å². The lowest BCUT2D eigenvalue weighted by Crippen LogP contribution is -2.28. The smallest absolute Gasteiger partial charge is 0.238 e. The van der Waals surface area contributed by atoms with Gasteiger partial charge in [0, 0.05) is 11.1 Å². The van der Waals surface area contributed by atoms with Gasteiger partial charge in [0.2, 0.25) is 5.91 Å². The standard InChI is InChI=1S/C15H15N3O/c1-3-8-16-10-15(19)18-14-9-11(2)17-13-7-5-4-6-12(13)14/h1,4-7,9,16H,8,10H2,2H3,(H,17,18,19). The molecule has 0 unspecified atom stereocenters. The van der Waals surface area contributed by atoms with E-state index >= 15 is 0 Å². The van der Waals surface area contributed by atoms with Crippen LogP contribution in [0.25, 0.3) is 10.9 Å². The van der Waals surface area contributed by atoms with Gasteiger partial charge in [-0.25, -0.2) is 0 Å². The van der Waals surface area contributed by atoms with Crippen LogP contribution in [0.2, 0.25) is 0 Å². The molecule has 0 fully saturated rings. The number of hydrogen-bond donors (Lipinski definition) is 2. The number of nitrogens with zero attached hydrogens (tertiary/aromatic N) is 1. The Balaban J connectivity index is 2.20. The zero-order chi connectivity index (χ0) is 13.7. The van der Waals surface area contributed by atoms with Crippen molar-refractivity contribution in [1.82, 2.24) is 10.3 Å². The fourth-order valence-electron chi connectivity index (χ4n) is 1.85. The maximum atomic E-state index is 11.8. The highest BCUT2D eigenvalue weighted by atomic mass is 16.1. The molecule has 2 rings (SSSR count). The number of pyridine rings is 1. The summed E-state index contributed by atoms with van der Waals surface area (Å²) >= 11 is 0. The van der Waals surface area contributed by atoms with E-state index in [1.165, 1.54) is 0 Å². The van der Waals surface area contributed by atoms with Crippen molar-refractivity contribution in [3.8, 4) is 12.3 Å². The number of aryl methyl sites for hydroxylation is 1. The van der Waals surface area contributed by atoms with Gasteiger partial charge in [-0.2, -0.15) is 0 Å². The number of hydrogen-bond acceptors (Lipinski definition) is 3. The van der Waals surface area contributed by atoms with Crippen LogP contribution in [0.5, 0.6) is 0 Å². The highest BCUT2D eigenvalue weighted by Gasteiger charge is 2.06. The second-order valence-electron chi connectivity index (χ2n) is 4.18. The molecule has 1 heterocycles. The molecule has 0 spiro atoms. The molecule has 0 atom stereocenters. The van der Waals surface area contributed by atoms with Crippen LogP contribution in [0, 0.1) is 19.3 Å². The average Bonchev–Trinajstić information content (AvgIpc) is 2.39. The lowest BCUT2D eigenvalue weighted by atomic mass is 10.1. The summed E-state index contributed by atoms with van der Waals surface area (Å²) in [5, 5.41) is 6.66. The van der Waals surface area contributed by atoms with Crippen molar-refractivity contribution in [3.05, 3.63) is 36.0 Å². The van der Waals surface area contributed by atoms with E-state index < -0.39 is 0 Å². The Kier molecular flexibility index (Phi) is 4.11. The monoisotopic (exact) mass is 253 g/mol. The number of anilines is 1. The van der Waals surface area contributed by atoms with E-state index in [0.717, 1.165) is 22.3 Å². The summed E-state index contributed by atoms with van der Waals surface area (Å²) < 4.78 is 0. The van der Waals surface area contributed by atoms with Gasteiger partial charge in [-0.1, -0.05) is 24.1 Å². The van der Waals surface area contributed by atoms with Gasteiger partial charge in [-0.15, -0.1) is 6.42 Å². The minimum Gasteiger partial charge on any atom is -0.324 e. The third-order valence-corrected chi connectivity index (χ3v) is 2.63. The first-order chi connectivity index (χ1) is 9.20. The minimum absolute atomic E-state index is 0.119. The van der Waals surface area contributed by atoms with E-state index in [-0.39, 0.29) is 12.5 Å². The molecule has 19 heavy (non-hydrogen) atoms. The van der Waals surface area contributed by atoms with Gasteiger partial charge in [0.05, 0.1) is 24.3 Å². The summed E-state index contributed by atoms with van der Waals surface area (Å²) in [7, 11) is 0. The number of amides is 1. The molecule has 0 saturated carbocycles. The fraction of sp³-hybridized carbons (Fsp3) is 0.200. The Morgan fingerprint density at radius 3 is 3.00 bits per heavy atom. The lowest BCUT2D eigenvalue weighted by Gasteiger charge is -2.09. The number of carbonyl (C=O) groups is 1. The number of rotatable bonds is 4. The SMILES string of the molecule is C#CCNCC(=O)Nc1cc(C)nc2ccccc12. The molecule has 96 valence electrons. The Morgan fingerprint density at radius 1 is 1.42 bits per heavy atom. The van der Waals surface area contributed by atoms with Crippen molar-refractivity contribution in [2.45, 2.75) is 6.92 Å². The van der Waals surface area contributed by atoms with E-state index in [1.807, 2.05) is 37.3 Å². The van der Waals surface area contributed by atoms with Crippen molar-refractivity contribution >= 4 is 22.5 Å². The summed E-state index contributed by atoms with van der Waals surface area (Å²) in [5.41, 5.74) is 2.51. The molecule has 0 aliphatic rings. The van der Waals surface area contributed by atoms with E-state index in [4.69, 9.17) is 6.42 Å². The number of terminal acetylenes is 1. The Morgan fingerprint density at radius 2 is 2.21 bits per heavy atom. The molecule has 0 aliphatic heterocycles.